The lowest BCUT2D eigenvalue weighted by Gasteiger charge is -2.23. The quantitative estimate of drug-likeness (QED) is 0.116. The second kappa shape index (κ2) is 17.2. The molecule has 0 amide bonds. The molecule has 2 N–H and O–H groups in total. The molecular formula is C33H45NO5S. The number of hydrogen-bond donors (Lipinski definition) is 2. The van der Waals surface area contributed by atoms with E-state index in [0.717, 1.165) is 23.6 Å². The number of carbonyl (C=O) groups excluding carboxylic acids is 1. The number of sulfonamides is 1. The highest BCUT2D eigenvalue weighted by Crippen LogP contribution is 2.23. The third kappa shape index (κ3) is 10.3. The van der Waals surface area contributed by atoms with Crippen LogP contribution in [0.25, 0.3) is 10.8 Å². The van der Waals surface area contributed by atoms with Gasteiger partial charge in [-0.2, -0.15) is 4.72 Å². The lowest BCUT2D eigenvalue weighted by Crippen LogP contribution is -2.46. The normalized spacial score (nSPS) is 13.2. The first-order valence-electron chi connectivity index (χ1n) is 14.8. The van der Waals surface area contributed by atoms with Crippen LogP contribution in [0.4, 0.5) is 0 Å². The zero-order chi connectivity index (χ0) is 28.6. The summed E-state index contributed by atoms with van der Waals surface area (Å²) in [6.45, 7) is 2.42. The van der Waals surface area contributed by atoms with Crippen LogP contribution in [-0.4, -0.2) is 32.1 Å². The standard InChI is InChI=1S/C33H45NO5S/c1-2-3-4-5-6-7-8-9-10-11-12-18-25-39-33(36)31(32(35)28-20-14-13-15-21-28)34-40(37,38)30-24-23-27-19-16-17-22-29(27)26-30/h13-17,19-24,26,31-32,34-35H,2-12,18,25H2,1H3/t31-,32-/m0/s1. The largest absolute Gasteiger partial charge is 0.464 e. The Morgan fingerprint density at radius 3 is 1.93 bits per heavy atom. The minimum absolute atomic E-state index is 0.0187. The topological polar surface area (TPSA) is 92.7 Å². The summed E-state index contributed by atoms with van der Waals surface area (Å²) in [6.07, 6.45) is 13.0. The van der Waals surface area contributed by atoms with Gasteiger partial charge in [0.1, 0.15) is 12.1 Å². The van der Waals surface area contributed by atoms with Crippen molar-refractivity contribution in [1.82, 2.24) is 4.72 Å². The van der Waals surface area contributed by atoms with Gasteiger partial charge in [0, 0.05) is 0 Å². The highest BCUT2D eigenvalue weighted by atomic mass is 32.2. The molecule has 3 aromatic rings. The van der Waals surface area contributed by atoms with Crippen molar-refractivity contribution in [2.24, 2.45) is 0 Å². The molecule has 7 heteroatoms. The van der Waals surface area contributed by atoms with Crippen molar-refractivity contribution in [3.8, 4) is 0 Å². The fourth-order valence-corrected chi connectivity index (χ4v) is 6.08. The minimum Gasteiger partial charge on any atom is -0.464 e. The number of benzene rings is 3. The van der Waals surface area contributed by atoms with Gasteiger partial charge >= 0.3 is 5.97 Å². The first-order chi connectivity index (χ1) is 19.4. The molecule has 0 aliphatic carbocycles. The fraction of sp³-hybridized carbons (Fsp3) is 0.485. The summed E-state index contributed by atoms with van der Waals surface area (Å²) in [5, 5.41) is 12.7. The number of fused-ring (bicyclic) bond motifs is 1. The highest BCUT2D eigenvalue weighted by molar-refractivity contribution is 7.89. The number of unbranched alkanes of at least 4 members (excludes halogenated alkanes) is 11. The SMILES string of the molecule is CCCCCCCCCCCCCCOC(=O)[C@@H](NS(=O)(=O)c1ccc2ccccc2c1)[C@@H](O)c1ccccc1. The molecule has 40 heavy (non-hydrogen) atoms. The van der Waals surface area contributed by atoms with Gasteiger partial charge in [-0.05, 0) is 34.9 Å². The predicted octanol–water partition coefficient (Wildman–Crippen LogP) is 7.46. The average Bonchev–Trinajstić information content (AvgIpc) is 2.98. The summed E-state index contributed by atoms with van der Waals surface area (Å²) in [6, 6.07) is 19.3. The molecule has 0 aliphatic heterocycles. The van der Waals surface area contributed by atoms with Crippen molar-refractivity contribution in [3.63, 3.8) is 0 Å². The van der Waals surface area contributed by atoms with E-state index in [9.17, 15) is 18.3 Å². The molecule has 2 atom stereocenters. The molecule has 0 spiro atoms. The van der Waals surface area contributed by atoms with Crippen LogP contribution in [0.15, 0.2) is 77.7 Å². The molecule has 0 bridgehead atoms. The van der Waals surface area contributed by atoms with E-state index in [2.05, 4.69) is 11.6 Å². The second-order valence-electron chi connectivity index (χ2n) is 10.5. The average molecular weight is 568 g/mol. The van der Waals surface area contributed by atoms with Crippen LogP contribution in [0.1, 0.15) is 95.6 Å². The number of nitrogens with one attached hydrogen (secondary N) is 1. The number of aliphatic hydroxyl groups is 1. The Morgan fingerprint density at radius 1 is 0.750 bits per heavy atom. The lowest BCUT2D eigenvalue weighted by molar-refractivity contribution is -0.148. The van der Waals surface area contributed by atoms with Crippen LogP contribution in [-0.2, 0) is 19.6 Å². The Kier molecular flexibility index (Phi) is 13.6. The number of rotatable bonds is 19. The summed E-state index contributed by atoms with van der Waals surface area (Å²) in [7, 11) is -4.12. The molecule has 0 heterocycles. The maximum atomic E-state index is 13.3. The van der Waals surface area contributed by atoms with Gasteiger partial charge in [-0.25, -0.2) is 8.42 Å². The first kappa shape index (κ1) is 31.8. The molecule has 0 unspecified atom stereocenters. The molecule has 3 rings (SSSR count). The molecular weight excluding hydrogens is 522 g/mol. The number of hydrogen-bond acceptors (Lipinski definition) is 5. The molecule has 6 nitrogen and oxygen atoms in total. The summed E-state index contributed by atoms with van der Waals surface area (Å²) in [5.74, 6) is -0.788. The molecule has 218 valence electrons. The maximum absolute atomic E-state index is 13.3. The summed E-state index contributed by atoms with van der Waals surface area (Å²) in [5.41, 5.74) is 0.427. The molecule has 0 radical (unpaired) electrons. The van der Waals surface area contributed by atoms with E-state index in [-0.39, 0.29) is 11.5 Å². The monoisotopic (exact) mass is 567 g/mol. The van der Waals surface area contributed by atoms with Crippen molar-refractivity contribution in [2.45, 2.75) is 101 Å². The summed E-state index contributed by atoms with van der Waals surface area (Å²) in [4.78, 5) is 13.1. The van der Waals surface area contributed by atoms with Crippen LogP contribution >= 0.6 is 0 Å². The second-order valence-corrected chi connectivity index (χ2v) is 12.2. The molecule has 0 fully saturated rings. The summed E-state index contributed by atoms with van der Waals surface area (Å²) >= 11 is 0. The van der Waals surface area contributed by atoms with E-state index < -0.39 is 28.1 Å². The van der Waals surface area contributed by atoms with Gasteiger partial charge in [0.25, 0.3) is 0 Å². The minimum atomic E-state index is -4.12. The Labute approximate surface area is 240 Å². The molecule has 0 saturated carbocycles. The van der Waals surface area contributed by atoms with Crippen molar-refractivity contribution in [1.29, 1.82) is 0 Å². The molecule has 0 saturated heterocycles. The number of ether oxygens (including phenoxy) is 1. The smallest absolute Gasteiger partial charge is 0.327 e. The van der Waals surface area contributed by atoms with Crippen LogP contribution in [0.5, 0.6) is 0 Å². The van der Waals surface area contributed by atoms with Crippen molar-refractivity contribution < 1.29 is 23.1 Å². The van der Waals surface area contributed by atoms with Gasteiger partial charge in [0.15, 0.2) is 0 Å². The third-order valence-electron chi connectivity index (χ3n) is 7.27. The Hall–Kier alpha value is -2.74. The lowest BCUT2D eigenvalue weighted by atomic mass is 10.0. The third-order valence-corrected chi connectivity index (χ3v) is 8.71. The Morgan fingerprint density at radius 2 is 1.30 bits per heavy atom. The summed E-state index contributed by atoms with van der Waals surface area (Å²) < 4.78 is 34.5. The first-order valence-corrected chi connectivity index (χ1v) is 16.3. The van der Waals surface area contributed by atoms with E-state index in [1.807, 2.05) is 24.3 Å². The number of carbonyl (C=O) groups is 1. The zero-order valence-corrected chi connectivity index (χ0v) is 24.6. The van der Waals surface area contributed by atoms with Gasteiger partial charge < -0.3 is 9.84 Å². The predicted molar refractivity (Wildman–Crippen MR) is 161 cm³/mol. The van der Waals surface area contributed by atoms with E-state index in [4.69, 9.17) is 4.74 Å². The number of aliphatic hydroxyl groups excluding tert-OH is 1. The van der Waals surface area contributed by atoms with Gasteiger partial charge in [0.05, 0.1) is 11.5 Å². The molecule has 3 aromatic carbocycles. The zero-order valence-electron chi connectivity index (χ0n) is 23.8. The number of esters is 1. The molecule has 0 aliphatic rings. The van der Waals surface area contributed by atoms with Gasteiger partial charge in [-0.15, -0.1) is 0 Å². The van der Waals surface area contributed by atoms with Crippen molar-refractivity contribution in [3.05, 3.63) is 78.4 Å². The fourth-order valence-electron chi connectivity index (χ4n) is 4.86. The van der Waals surface area contributed by atoms with Crippen LogP contribution in [0.3, 0.4) is 0 Å². The van der Waals surface area contributed by atoms with Gasteiger partial charge in [-0.1, -0.05) is 138 Å². The van der Waals surface area contributed by atoms with Crippen LogP contribution in [0.2, 0.25) is 0 Å². The van der Waals surface area contributed by atoms with Crippen molar-refractivity contribution >= 4 is 26.8 Å². The van der Waals surface area contributed by atoms with Crippen LogP contribution in [0, 0.1) is 0 Å². The Balaban J connectivity index is 1.51. The maximum Gasteiger partial charge on any atom is 0.327 e. The Bertz CT molecular complexity index is 1260. The van der Waals surface area contributed by atoms with Gasteiger partial charge in [0.2, 0.25) is 10.0 Å². The van der Waals surface area contributed by atoms with Crippen LogP contribution < -0.4 is 4.72 Å². The van der Waals surface area contributed by atoms with E-state index in [1.165, 1.54) is 63.9 Å². The van der Waals surface area contributed by atoms with Crippen molar-refractivity contribution in [2.75, 3.05) is 6.61 Å². The van der Waals surface area contributed by atoms with E-state index in [0.29, 0.717) is 12.0 Å². The highest BCUT2D eigenvalue weighted by Gasteiger charge is 2.34. The van der Waals surface area contributed by atoms with E-state index >= 15 is 0 Å². The van der Waals surface area contributed by atoms with E-state index in [1.54, 1.807) is 42.5 Å². The van der Waals surface area contributed by atoms with Gasteiger partial charge in [-0.3, -0.25) is 4.79 Å². The molecule has 0 aromatic heterocycles.